The summed E-state index contributed by atoms with van der Waals surface area (Å²) in [6.07, 6.45) is 3.49. The molecule has 0 aromatic carbocycles. The number of nitrogens with zero attached hydrogens (tertiary/aromatic N) is 2. The summed E-state index contributed by atoms with van der Waals surface area (Å²) >= 11 is 0. The van der Waals surface area contributed by atoms with E-state index >= 15 is 0 Å². The van der Waals surface area contributed by atoms with Gasteiger partial charge in [-0.05, 0) is 0 Å². The lowest BCUT2D eigenvalue weighted by atomic mass is 10.2. The fraction of sp³-hybridized carbons (Fsp3) is 0.100. The van der Waals surface area contributed by atoms with Gasteiger partial charge < -0.3 is 0 Å². The molecule has 0 bridgehead atoms. The van der Waals surface area contributed by atoms with E-state index in [9.17, 15) is 19.7 Å². The molecule has 88 valence electrons. The Morgan fingerprint density at radius 2 is 2.24 bits per heavy atom. The van der Waals surface area contributed by atoms with Gasteiger partial charge in [0.25, 0.3) is 11.6 Å². The average molecular weight is 235 g/mol. The van der Waals surface area contributed by atoms with Crippen LogP contribution in [0.5, 0.6) is 0 Å². The first-order chi connectivity index (χ1) is 8.04. The molecule has 17 heavy (non-hydrogen) atoms. The highest BCUT2D eigenvalue weighted by Crippen LogP contribution is 2.10. The van der Waals surface area contributed by atoms with Gasteiger partial charge in [0.15, 0.2) is 0 Å². The fourth-order valence-corrected chi connectivity index (χ4v) is 1.03. The van der Waals surface area contributed by atoms with Crippen molar-refractivity contribution in [2.24, 2.45) is 0 Å². The molecule has 2 amide bonds. The van der Waals surface area contributed by atoms with Gasteiger partial charge in [-0.1, -0.05) is 6.08 Å². The van der Waals surface area contributed by atoms with Crippen molar-refractivity contribution < 1.29 is 14.5 Å². The van der Waals surface area contributed by atoms with Crippen LogP contribution < -0.4 is 5.32 Å². The van der Waals surface area contributed by atoms with Gasteiger partial charge >= 0.3 is 0 Å². The van der Waals surface area contributed by atoms with Gasteiger partial charge in [-0.15, -0.1) is 6.58 Å². The van der Waals surface area contributed by atoms with E-state index in [-0.39, 0.29) is 17.7 Å². The summed E-state index contributed by atoms with van der Waals surface area (Å²) in [7, 11) is 0. The lowest BCUT2D eigenvalue weighted by molar-refractivity contribution is -0.385. The van der Waals surface area contributed by atoms with E-state index in [0.29, 0.717) is 0 Å². The number of carbonyl (C=O) groups excluding carboxylic acids is 2. The predicted octanol–water partition coefficient (Wildman–Crippen LogP) is 0.822. The molecular formula is C10H9N3O4. The number of imide groups is 1. The number of hydrogen-bond donors (Lipinski definition) is 1. The summed E-state index contributed by atoms with van der Waals surface area (Å²) in [4.78, 5) is 35.9. The molecule has 1 rings (SSSR count). The van der Waals surface area contributed by atoms with Crippen LogP contribution in [0.1, 0.15) is 16.8 Å². The van der Waals surface area contributed by atoms with Crippen molar-refractivity contribution in [3.05, 3.63) is 46.8 Å². The van der Waals surface area contributed by atoms with Gasteiger partial charge in [0.2, 0.25) is 5.91 Å². The molecule has 0 spiro atoms. The summed E-state index contributed by atoms with van der Waals surface area (Å²) in [5, 5.41) is 12.5. The molecule has 0 aliphatic rings. The van der Waals surface area contributed by atoms with Gasteiger partial charge in [-0.25, -0.2) is 0 Å². The molecule has 0 radical (unpaired) electrons. The van der Waals surface area contributed by atoms with Gasteiger partial charge in [-0.3, -0.25) is 30.0 Å². The van der Waals surface area contributed by atoms with Crippen LogP contribution in [0.2, 0.25) is 0 Å². The zero-order valence-electron chi connectivity index (χ0n) is 8.75. The molecule has 0 aliphatic carbocycles. The second-order valence-corrected chi connectivity index (χ2v) is 3.06. The van der Waals surface area contributed by atoms with Crippen LogP contribution in [-0.2, 0) is 4.79 Å². The number of pyridine rings is 1. The van der Waals surface area contributed by atoms with Crippen molar-refractivity contribution in [3.8, 4) is 0 Å². The molecular weight excluding hydrogens is 226 g/mol. The monoisotopic (exact) mass is 235 g/mol. The molecule has 0 atom stereocenters. The van der Waals surface area contributed by atoms with Crippen molar-refractivity contribution in [1.29, 1.82) is 0 Å². The van der Waals surface area contributed by atoms with E-state index in [4.69, 9.17) is 0 Å². The first kappa shape index (κ1) is 12.5. The van der Waals surface area contributed by atoms with Crippen molar-refractivity contribution in [2.45, 2.75) is 6.42 Å². The third kappa shape index (κ3) is 3.49. The Morgan fingerprint density at radius 1 is 1.53 bits per heavy atom. The van der Waals surface area contributed by atoms with E-state index in [2.05, 4.69) is 16.9 Å². The third-order valence-corrected chi connectivity index (χ3v) is 1.78. The number of hydrogen-bond acceptors (Lipinski definition) is 5. The van der Waals surface area contributed by atoms with Crippen molar-refractivity contribution in [2.75, 3.05) is 0 Å². The van der Waals surface area contributed by atoms with E-state index in [1.54, 1.807) is 0 Å². The third-order valence-electron chi connectivity index (χ3n) is 1.78. The molecule has 1 aromatic heterocycles. The van der Waals surface area contributed by atoms with Crippen molar-refractivity contribution in [1.82, 2.24) is 10.3 Å². The van der Waals surface area contributed by atoms with Gasteiger partial charge in [-0.2, -0.15) is 0 Å². The molecule has 1 N–H and O–H groups in total. The lowest BCUT2D eigenvalue weighted by Crippen LogP contribution is -2.29. The largest absolute Gasteiger partial charge is 0.292 e. The molecule has 1 aromatic rings. The Labute approximate surface area is 96.3 Å². The number of carbonyl (C=O) groups is 2. The highest BCUT2D eigenvalue weighted by atomic mass is 16.6. The van der Waals surface area contributed by atoms with Crippen LogP contribution >= 0.6 is 0 Å². The van der Waals surface area contributed by atoms with Crippen LogP contribution in [0.25, 0.3) is 0 Å². The summed E-state index contributed by atoms with van der Waals surface area (Å²) < 4.78 is 0. The number of rotatable bonds is 4. The Morgan fingerprint density at radius 3 is 2.82 bits per heavy atom. The van der Waals surface area contributed by atoms with E-state index in [0.717, 1.165) is 18.5 Å². The first-order valence-corrected chi connectivity index (χ1v) is 4.59. The minimum absolute atomic E-state index is 0.00586. The predicted molar refractivity (Wildman–Crippen MR) is 58.2 cm³/mol. The zero-order valence-corrected chi connectivity index (χ0v) is 8.75. The zero-order chi connectivity index (χ0) is 12.8. The lowest BCUT2D eigenvalue weighted by Gasteiger charge is -2.01. The maximum Gasteiger partial charge on any atom is 0.288 e. The summed E-state index contributed by atoms with van der Waals surface area (Å²) in [5.41, 5.74) is -0.356. The second-order valence-electron chi connectivity index (χ2n) is 3.06. The van der Waals surface area contributed by atoms with Crippen LogP contribution in [0.15, 0.2) is 31.1 Å². The number of nitro groups is 1. The SMILES string of the molecule is C=CCC(=O)NC(=O)c1cncc([N+](=O)[O-])c1. The quantitative estimate of drug-likeness (QED) is 0.473. The van der Waals surface area contributed by atoms with Crippen LogP contribution in [0, 0.1) is 10.1 Å². The second kappa shape index (κ2) is 5.50. The molecule has 0 aliphatic heterocycles. The highest BCUT2D eigenvalue weighted by molar-refractivity contribution is 6.05. The van der Waals surface area contributed by atoms with E-state index < -0.39 is 16.7 Å². The van der Waals surface area contributed by atoms with Gasteiger partial charge in [0.05, 0.1) is 10.5 Å². The van der Waals surface area contributed by atoms with Crippen LogP contribution in [-0.4, -0.2) is 21.7 Å². The Balaban J connectivity index is 2.82. The summed E-state index contributed by atoms with van der Waals surface area (Å²) in [6, 6.07) is 1.05. The van der Waals surface area contributed by atoms with Crippen molar-refractivity contribution >= 4 is 17.5 Å². The molecule has 7 heteroatoms. The average Bonchev–Trinajstić information content (AvgIpc) is 2.29. The number of nitrogens with one attached hydrogen (secondary N) is 1. The van der Waals surface area contributed by atoms with Crippen LogP contribution in [0.4, 0.5) is 5.69 Å². The van der Waals surface area contributed by atoms with E-state index in [1.807, 2.05) is 0 Å². The summed E-state index contributed by atoms with van der Waals surface area (Å²) in [5.74, 6) is -1.26. The number of aromatic nitrogens is 1. The topological polar surface area (TPSA) is 102 Å². The fourth-order valence-electron chi connectivity index (χ4n) is 1.03. The molecule has 0 unspecified atom stereocenters. The normalized spacial score (nSPS) is 9.41. The van der Waals surface area contributed by atoms with Gasteiger partial charge in [0, 0.05) is 18.7 Å². The molecule has 0 saturated carbocycles. The maximum atomic E-state index is 11.5. The molecule has 0 saturated heterocycles. The van der Waals surface area contributed by atoms with Crippen LogP contribution in [0.3, 0.4) is 0 Å². The summed E-state index contributed by atoms with van der Waals surface area (Å²) in [6.45, 7) is 3.34. The van der Waals surface area contributed by atoms with Crippen molar-refractivity contribution in [3.63, 3.8) is 0 Å². The molecule has 0 fully saturated rings. The Bertz CT molecular complexity index is 484. The molecule has 7 nitrogen and oxygen atoms in total. The highest BCUT2D eigenvalue weighted by Gasteiger charge is 2.13. The number of amides is 2. The maximum absolute atomic E-state index is 11.5. The smallest absolute Gasteiger partial charge is 0.288 e. The molecule has 1 heterocycles. The standard InChI is InChI=1S/C10H9N3O4/c1-2-3-9(14)12-10(15)7-4-8(13(16)17)6-11-5-7/h2,4-6H,1,3H2,(H,12,14,15). The van der Waals surface area contributed by atoms with E-state index in [1.165, 1.54) is 6.08 Å². The van der Waals surface area contributed by atoms with Gasteiger partial charge in [0.1, 0.15) is 6.20 Å². The first-order valence-electron chi connectivity index (χ1n) is 4.59. The minimum atomic E-state index is -0.729. The Kier molecular flexibility index (Phi) is 4.04. The Hall–Kier alpha value is -2.57. The minimum Gasteiger partial charge on any atom is -0.292 e.